The Morgan fingerprint density at radius 1 is 1.10 bits per heavy atom. The summed E-state index contributed by atoms with van der Waals surface area (Å²) in [5.41, 5.74) is 2.40. The molecule has 1 aliphatic rings. The number of amides is 1. The molecule has 0 spiro atoms. The molecule has 2 aromatic carbocycles. The largest absolute Gasteiger partial charge is 0.503 e. The summed E-state index contributed by atoms with van der Waals surface area (Å²) in [6, 6.07) is 19.8. The second kappa shape index (κ2) is 7.56. The molecule has 4 aromatic rings. The number of carbonyl (C=O) groups excluding carboxylic acids is 2. The molecule has 31 heavy (non-hydrogen) atoms. The lowest BCUT2D eigenvalue weighted by Gasteiger charge is -2.26. The molecule has 1 aliphatic heterocycles. The standard InChI is InChI=1S/C25H19NO4S/c1-15-6-4-8-17(12-15)22-21(23(27)20-13-16-7-2-3-10-19(16)30-20)24(28)25(29)26(22)14-18-9-5-11-31-18/h2-13,22,28H,14H2,1H3. The highest BCUT2D eigenvalue weighted by Crippen LogP contribution is 2.41. The highest BCUT2D eigenvalue weighted by Gasteiger charge is 2.44. The van der Waals surface area contributed by atoms with Crippen molar-refractivity contribution in [2.75, 3.05) is 0 Å². The zero-order chi connectivity index (χ0) is 21.5. The number of fused-ring (bicyclic) bond motifs is 1. The van der Waals surface area contributed by atoms with E-state index in [4.69, 9.17) is 4.42 Å². The van der Waals surface area contributed by atoms with Gasteiger partial charge in [-0.2, -0.15) is 0 Å². The fraction of sp³-hybridized carbons (Fsp3) is 0.120. The number of carbonyl (C=O) groups is 2. The van der Waals surface area contributed by atoms with Crippen molar-refractivity contribution in [3.63, 3.8) is 0 Å². The normalized spacial score (nSPS) is 16.5. The van der Waals surface area contributed by atoms with Gasteiger partial charge in [0.15, 0.2) is 11.5 Å². The Labute approximate surface area is 182 Å². The van der Waals surface area contributed by atoms with Crippen molar-refractivity contribution in [3.05, 3.63) is 105 Å². The van der Waals surface area contributed by atoms with Crippen LogP contribution in [0.2, 0.25) is 0 Å². The van der Waals surface area contributed by atoms with Crippen LogP contribution in [-0.4, -0.2) is 21.7 Å². The van der Waals surface area contributed by atoms with Gasteiger partial charge in [-0.25, -0.2) is 0 Å². The van der Waals surface area contributed by atoms with Gasteiger partial charge < -0.3 is 14.4 Å². The molecule has 1 atom stereocenters. The average Bonchev–Trinajstić information content (AvgIpc) is 3.48. The Bertz CT molecular complexity index is 1300. The molecule has 1 unspecified atom stereocenters. The van der Waals surface area contributed by atoms with E-state index in [1.165, 1.54) is 11.3 Å². The lowest BCUT2D eigenvalue weighted by Crippen LogP contribution is -2.30. The minimum absolute atomic E-state index is 0.0474. The van der Waals surface area contributed by atoms with Crippen LogP contribution in [-0.2, 0) is 11.3 Å². The molecule has 0 saturated carbocycles. The predicted octanol–water partition coefficient (Wildman–Crippen LogP) is 5.58. The molecule has 5 nitrogen and oxygen atoms in total. The van der Waals surface area contributed by atoms with Crippen LogP contribution in [0.4, 0.5) is 0 Å². The van der Waals surface area contributed by atoms with Crippen LogP contribution in [0.15, 0.2) is 87.9 Å². The van der Waals surface area contributed by atoms with Crippen LogP contribution in [0.1, 0.15) is 32.6 Å². The Kier molecular flexibility index (Phi) is 4.71. The number of ketones is 1. The first-order valence-corrected chi connectivity index (χ1v) is 10.8. The van der Waals surface area contributed by atoms with Gasteiger partial charge in [0.25, 0.3) is 5.91 Å². The van der Waals surface area contributed by atoms with Crippen LogP contribution in [0, 0.1) is 6.92 Å². The van der Waals surface area contributed by atoms with Crippen molar-refractivity contribution in [2.24, 2.45) is 0 Å². The summed E-state index contributed by atoms with van der Waals surface area (Å²) in [5, 5.41) is 13.5. The van der Waals surface area contributed by atoms with Gasteiger partial charge in [0.2, 0.25) is 5.78 Å². The van der Waals surface area contributed by atoms with E-state index in [0.717, 1.165) is 21.4 Å². The SMILES string of the molecule is Cc1cccc(C2C(C(=O)c3cc4ccccc4o3)=C(O)C(=O)N2Cc2cccs2)c1. The van der Waals surface area contributed by atoms with Crippen molar-refractivity contribution in [1.82, 2.24) is 4.90 Å². The summed E-state index contributed by atoms with van der Waals surface area (Å²) >= 11 is 1.52. The van der Waals surface area contributed by atoms with Crippen LogP contribution >= 0.6 is 11.3 Å². The number of nitrogens with zero attached hydrogens (tertiary/aromatic N) is 1. The van der Waals surface area contributed by atoms with Crippen LogP contribution in [0.3, 0.4) is 0 Å². The zero-order valence-electron chi connectivity index (χ0n) is 16.7. The second-order valence-electron chi connectivity index (χ2n) is 7.57. The topological polar surface area (TPSA) is 70.7 Å². The van der Waals surface area contributed by atoms with E-state index in [-0.39, 0.29) is 11.3 Å². The van der Waals surface area contributed by atoms with Gasteiger partial charge in [-0.05, 0) is 36.1 Å². The zero-order valence-corrected chi connectivity index (χ0v) is 17.6. The number of para-hydroxylation sites is 1. The first kappa shape index (κ1) is 19.3. The van der Waals surface area contributed by atoms with Crippen molar-refractivity contribution >= 4 is 34.0 Å². The van der Waals surface area contributed by atoms with Gasteiger partial charge in [0.1, 0.15) is 5.58 Å². The number of aliphatic hydroxyl groups is 1. The fourth-order valence-corrected chi connectivity index (χ4v) is 4.74. The second-order valence-corrected chi connectivity index (χ2v) is 8.60. The molecular formula is C25H19NO4S. The van der Waals surface area contributed by atoms with E-state index in [0.29, 0.717) is 12.1 Å². The Morgan fingerprint density at radius 3 is 2.68 bits per heavy atom. The number of hydrogen-bond donors (Lipinski definition) is 1. The quantitative estimate of drug-likeness (QED) is 0.420. The number of rotatable bonds is 5. The number of benzene rings is 2. The summed E-state index contributed by atoms with van der Waals surface area (Å²) in [7, 11) is 0. The molecule has 2 aromatic heterocycles. The van der Waals surface area contributed by atoms with Crippen LogP contribution in [0.5, 0.6) is 0 Å². The summed E-state index contributed by atoms with van der Waals surface area (Å²) in [4.78, 5) is 29.1. The number of aryl methyl sites for hydroxylation is 1. The van der Waals surface area contributed by atoms with Crippen LogP contribution < -0.4 is 0 Å². The van der Waals surface area contributed by atoms with Gasteiger partial charge in [-0.1, -0.05) is 54.1 Å². The molecule has 0 radical (unpaired) electrons. The average molecular weight is 429 g/mol. The number of Topliss-reactive ketones (excluding diaryl/α,β-unsaturated/α-hetero) is 1. The first-order chi connectivity index (χ1) is 15.0. The maximum absolute atomic E-state index is 13.5. The number of thiophene rings is 1. The molecule has 1 amide bonds. The van der Waals surface area contributed by atoms with E-state index >= 15 is 0 Å². The van der Waals surface area contributed by atoms with E-state index in [1.807, 2.05) is 66.9 Å². The predicted molar refractivity (Wildman–Crippen MR) is 119 cm³/mol. The Hall–Kier alpha value is -3.64. The molecule has 1 N–H and O–H groups in total. The first-order valence-electron chi connectivity index (χ1n) is 9.89. The van der Waals surface area contributed by atoms with Gasteiger partial charge in [-0.15, -0.1) is 11.3 Å². The van der Waals surface area contributed by atoms with Gasteiger partial charge in [0.05, 0.1) is 18.2 Å². The van der Waals surface area contributed by atoms with E-state index < -0.39 is 23.5 Å². The lowest BCUT2D eigenvalue weighted by molar-refractivity contribution is -0.130. The van der Waals surface area contributed by atoms with Gasteiger partial charge in [-0.3, -0.25) is 9.59 Å². The van der Waals surface area contributed by atoms with Crippen molar-refractivity contribution < 1.29 is 19.1 Å². The molecule has 3 heterocycles. The summed E-state index contributed by atoms with van der Waals surface area (Å²) in [5.74, 6) is -1.46. The molecule has 0 bridgehead atoms. The van der Waals surface area contributed by atoms with Gasteiger partial charge in [0, 0.05) is 10.3 Å². The summed E-state index contributed by atoms with van der Waals surface area (Å²) in [6.45, 7) is 2.25. The maximum Gasteiger partial charge on any atom is 0.290 e. The number of aliphatic hydroxyl groups excluding tert-OH is 1. The monoisotopic (exact) mass is 429 g/mol. The van der Waals surface area contributed by atoms with Gasteiger partial charge >= 0.3 is 0 Å². The molecule has 5 rings (SSSR count). The minimum Gasteiger partial charge on any atom is -0.503 e. The van der Waals surface area contributed by atoms with E-state index in [1.54, 1.807) is 17.0 Å². The smallest absolute Gasteiger partial charge is 0.290 e. The van der Waals surface area contributed by atoms with E-state index in [2.05, 4.69) is 0 Å². The molecule has 0 fully saturated rings. The number of hydrogen-bond acceptors (Lipinski definition) is 5. The highest BCUT2D eigenvalue weighted by atomic mass is 32.1. The third kappa shape index (κ3) is 3.35. The van der Waals surface area contributed by atoms with Crippen molar-refractivity contribution in [2.45, 2.75) is 19.5 Å². The highest BCUT2D eigenvalue weighted by molar-refractivity contribution is 7.09. The third-order valence-corrected chi connectivity index (χ3v) is 6.32. The molecular weight excluding hydrogens is 410 g/mol. The molecule has 0 saturated heterocycles. The van der Waals surface area contributed by atoms with Crippen LogP contribution in [0.25, 0.3) is 11.0 Å². The molecule has 6 heteroatoms. The van der Waals surface area contributed by atoms with Crippen molar-refractivity contribution in [1.29, 1.82) is 0 Å². The molecule has 154 valence electrons. The van der Waals surface area contributed by atoms with E-state index in [9.17, 15) is 14.7 Å². The Morgan fingerprint density at radius 2 is 1.94 bits per heavy atom. The third-order valence-electron chi connectivity index (χ3n) is 5.46. The Balaban J connectivity index is 1.62. The fourth-order valence-electron chi connectivity index (χ4n) is 4.03. The van der Waals surface area contributed by atoms with Crippen molar-refractivity contribution in [3.8, 4) is 0 Å². The minimum atomic E-state index is -0.699. The number of furan rings is 1. The summed E-state index contributed by atoms with van der Waals surface area (Å²) < 4.78 is 5.75. The lowest BCUT2D eigenvalue weighted by atomic mass is 9.94. The molecule has 0 aliphatic carbocycles. The summed E-state index contributed by atoms with van der Waals surface area (Å²) in [6.07, 6.45) is 0. The maximum atomic E-state index is 13.5.